The number of rotatable bonds is 5. The van der Waals surface area contributed by atoms with Crippen LogP contribution < -0.4 is 0 Å². The number of hydrogen-bond donors (Lipinski definition) is 0. The van der Waals surface area contributed by atoms with Crippen molar-refractivity contribution in [2.45, 2.75) is 6.92 Å². The van der Waals surface area contributed by atoms with Gasteiger partial charge in [-0.3, -0.25) is 9.69 Å². The van der Waals surface area contributed by atoms with Gasteiger partial charge in [0.1, 0.15) is 17.3 Å². The summed E-state index contributed by atoms with van der Waals surface area (Å²) < 4.78 is 23.7. The van der Waals surface area contributed by atoms with Crippen molar-refractivity contribution in [3.63, 3.8) is 0 Å². The topological polar surface area (TPSA) is 72.1 Å². The largest absolute Gasteiger partial charge is 0.465 e. The number of esters is 1. The summed E-state index contributed by atoms with van der Waals surface area (Å²) >= 11 is 1.24. The number of aliphatic imine (C=N–C) groups is 1. The van der Waals surface area contributed by atoms with Gasteiger partial charge in [-0.05, 0) is 67.2 Å². The van der Waals surface area contributed by atoms with Gasteiger partial charge in [-0.25, -0.2) is 14.2 Å². The van der Waals surface area contributed by atoms with Crippen LogP contribution in [0, 0.1) is 5.82 Å². The number of nitrogens with zero attached hydrogens (tertiary/aromatic N) is 2. The summed E-state index contributed by atoms with van der Waals surface area (Å²) in [6.45, 7) is 2.32. The van der Waals surface area contributed by atoms with E-state index in [9.17, 15) is 14.0 Å². The smallest absolute Gasteiger partial charge is 0.337 e. The number of furan rings is 1. The minimum absolute atomic E-state index is 0.168. The van der Waals surface area contributed by atoms with Crippen molar-refractivity contribution in [1.82, 2.24) is 4.90 Å². The first-order valence-electron chi connectivity index (χ1n) is 9.82. The third-order valence-electron chi connectivity index (χ3n) is 4.75. The third-order valence-corrected chi connectivity index (χ3v) is 5.75. The van der Waals surface area contributed by atoms with E-state index in [2.05, 4.69) is 4.99 Å². The molecule has 0 atom stereocenters. The number of amidine groups is 1. The predicted molar refractivity (Wildman–Crippen MR) is 122 cm³/mol. The van der Waals surface area contributed by atoms with Crippen LogP contribution in [-0.2, 0) is 9.53 Å². The Morgan fingerprint density at radius 3 is 2.50 bits per heavy atom. The van der Waals surface area contributed by atoms with Crippen LogP contribution in [-0.4, -0.2) is 35.6 Å². The number of carbonyl (C=O) groups excluding carboxylic acids is 2. The number of carbonyl (C=O) groups is 2. The molecule has 1 fully saturated rings. The average molecular weight is 450 g/mol. The molecule has 162 valence electrons. The Bertz CT molecular complexity index is 1210. The molecule has 1 amide bonds. The molecule has 0 saturated carbocycles. The second kappa shape index (κ2) is 9.23. The number of likely N-dealkylation sites (N-methyl/N-ethyl adjacent to an activating group) is 1. The van der Waals surface area contributed by atoms with Gasteiger partial charge in [0, 0.05) is 18.2 Å². The van der Waals surface area contributed by atoms with Crippen molar-refractivity contribution >= 4 is 40.6 Å². The van der Waals surface area contributed by atoms with Gasteiger partial charge in [-0.2, -0.15) is 0 Å². The van der Waals surface area contributed by atoms with Crippen molar-refractivity contribution in [1.29, 1.82) is 0 Å². The Labute approximate surface area is 188 Å². The minimum atomic E-state index is -0.406. The highest BCUT2D eigenvalue weighted by Gasteiger charge is 2.32. The average Bonchev–Trinajstić information content (AvgIpc) is 3.39. The Hall–Kier alpha value is -3.65. The van der Waals surface area contributed by atoms with E-state index in [1.165, 1.54) is 31.0 Å². The number of ether oxygens (including phenoxy) is 1. The normalized spacial score (nSPS) is 16.2. The molecular weight excluding hydrogens is 431 g/mol. The van der Waals surface area contributed by atoms with E-state index in [0.717, 1.165) is 5.56 Å². The fourth-order valence-electron chi connectivity index (χ4n) is 3.10. The molecule has 1 aromatic heterocycles. The molecule has 8 heteroatoms. The SMILES string of the molecule is CCN1C(=O)/C(=C\c2ccc(-c3ccc(C(=O)OC)cc3)o2)SC1=Nc1ccc(F)cc1. The molecule has 0 unspecified atom stereocenters. The summed E-state index contributed by atoms with van der Waals surface area (Å²) in [5, 5.41) is 0.528. The lowest BCUT2D eigenvalue weighted by Crippen LogP contribution is -2.28. The number of thioether (sulfide) groups is 1. The molecule has 0 N–H and O–H groups in total. The van der Waals surface area contributed by atoms with E-state index >= 15 is 0 Å². The van der Waals surface area contributed by atoms with E-state index in [0.29, 0.717) is 39.4 Å². The van der Waals surface area contributed by atoms with E-state index in [-0.39, 0.29) is 11.7 Å². The van der Waals surface area contributed by atoms with Gasteiger partial charge in [0.15, 0.2) is 5.17 Å². The van der Waals surface area contributed by atoms with Crippen molar-refractivity contribution in [2.75, 3.05) is 13.7 Å². The molecule has 32 heavy (non-hydrogen) atoms. The van der Waals surface area contributed by atoms with Gasteiger partial charge >= 0.3 is 5.97 Å². The Balaban J connectivity index is 1.56. The quantitative estimate of drug-likeness (QED) is 0.379. The molecule has 6 nitrogen and oxygen atoms in total. The molecule has 2 aromatic carbocycles. The summed E-state index contributed by atoms with van der Waals surface area (Å²) in [7, 11) is 1.33. The first-order valence-corrected chi connectivity index (χ1v) is 10.6. The number of methoxy groups -OCH3 is 1. The van der Waals surface area contributed by atoms with Crippen LogP contribution in [0.2, 0.25) is 0 Å². The molecule has 3 aromatic rings. The lowest BCUT2D eigenvalue weighted by molar-refractivity contribution is -0.122. The van der Waals surface area contributed by atoms with E-state index in [4.69, 9.17) is 9.15 Å². The second-order valence-corrected chi connectivity index (χ2v) is 7.81. The van der Waals surface area contributed by atoms with Crippen LogP contribution in [0.5, 0.6) is 0 Å². The van der Waals surface area contributed by atoms with Gasteiger partial charge in [0.25, 0.3) is 5.91 Å². The molecule has 0 bridgehead atoms. The second-order valence-electron chi connectivity index (χ2n) is 6.80. The summed E-state index contributed by atoms with van der Waals surface area (Å²) in [6, 6.07) is 16.2. The zero-order chi connectivity index (χ0) is 22.7. The van der Waals surface area contributed by atoms with Crippen LogP contribution in [0.15, 0.2) is 75.0 Å². The summed E-state index contributed by atoms with van der Waals surface area (Å²) in [4.78, 5) is 30.9. The fourth-order valence-corrected chi connectivity index (χ4v) is 4.14. The highest BCUT2D eigenvalue weighted by Crippen LogP contribution is 2.35. The summed E-state index contributed by atoms with van der Waals surface area (Å²) in [5.74, 6) is 0.212. The molecule has 2 heterocycles. The van der Waals surface area contributed by atoms with Crippen LogP contribution in [0.25, 0.3) is 17.4 Å². The summed E-state index contributed by atoms with van der Waals surface area (Å²) in [5.41, 5.74) is 1.81. The molecule has 1 saturated heterocycles. The maximum Gasteiger partial charge on any atom is 0.337 e. The maximum atomic E-state index is 13.1. The Morgan fingerprint density at radius 1 is 1.12 bits per heavy atom. The van der Waals surface area contributed by atoms with Gasteiger partial charge < -0.3 is 9.15 Å². The van der Waals surface area contributed by atoms with Gasteiger partial charge in [-0.15, -0.1) is 0 Å². The number of benzene rings is 2. The molecule has 1 aliphatic heterocycles. The number of halogens is 1. The van der Waals surface area contributed by atoms with Crippen molar-refractivity contribution in [3.8, 4) is 11.3 Å². The van der Waals surface area contributed by atoms with Gasteiger partial charge in [0.05, 0.1) is 23.3 Å². The van der Waals surface area contributed by atoms with Crippen molar-refractivity contribution < 1.29 is 23.1 Å². The number of hydrogen-bond acceptors (Lipinski definition) is 6. The first kappa shape index (κ1) is 21.6. The zero-order valence-corrected chi connectivity index (χ0v) is 18.2. The van der Waals surface area contributed by atoms with Gasteiger partial charge in [0.2, 0.25) is 0 Å². The molecule has 0 aliphatic carbocycles. The molecule has 1 aliphatic rings. The lowest BCUT2D eigenvalue weighted by Gasteiger charge is -2.11. The van der Waals surface area contributed by atoms with Crippen LogP contribution in [0.1, 0.15) is 23.0 Å². The fraction of sp³-hybridized carbons (Fsp3) is 0.125. The molecule has 4 rings (SSSR count). The van der Waals surface area contributed by atoms with Crippen LogP contribution >= 0.6 is 11.8 Å². The number of amides is 1. The van der Waals surface area contributed by atoms with Crippen LogP contribution in [0.4, 0.5) is 10.1 Å². The van der Waals surface area contributed by atoms with Crippen molar-refractivity contribution in [2.24, 2.45) is 4.99 Å². The molecule has 0 radical (unpaired) electrons. The van der Waals surface area contributed by atoms with E-state index in [1.807, 2.05) is 6.92 Å². The molecular formula is C24H19FN2O4S. The van der Waals surface area contributed by atoms with Gasteiger partial charge in [-0.1, -0.05) is 12.1 Å². The highest BCUT2D eigenvalue weighted by atomic mass is 32.2. The standard InChI is InChI=1S/C24H19FN2O4S/c1-3-27-22(28)21(32-24(27)26-18-10-8-17(25)9-11-18)14-19-12-13-20(31-19)15-4-6-16(7-5-15)23(29)30-2/h4-14H,3H2,1-2H3/b21-14+,26-24?. The first-order chi connectivity index (χ1) is 15.5. The third kappa shape index (κ3) is 4.50. The van der Waals surface area contributed by atoms with Crippen molar-refractivity contribution in [3.05, 3.63) is 82.7 Å². The van der Waals surface area contributed by atoms with Crippen LogP contribution in [0.3, 0.4) is 0 Å². The zero-order valence-electron chi connectivity index (χ0n) is 17.4. The molecule has 0 spiro atoms. The minimum Gasteiger partial charge on any atom is -0.465 e. The summed E-state index contributed by atoms with van der Waals surface area (Å²) in [6.07, 6.45) is 1.68. The predicted octanol–water partition coefficient (Wildman–Crippen LogP) is 5.50. The maximum absolute atomic E-state index is 13.1. The highest BCUT2D eigenvalue weighted by molar-refractivity contribution is 8.18. The van der Waals surface area contributed by atoms with E-state index < -0.39 is 5.97 Å². The Kier molecular flexibility index (Phi) is 6.23. The van der Waals surface area contributed by atoms with E-state index in [1.54, 1.807) is 59.5 Å². The lowest BCUT2D eigenvalue weighted by atomic mass is 10.1. The Morgan fingerprint density at radius 2 is 1.84 bits per heavy atom. The monoisotopic (exact) mass is 450 g/mol.